The number of H-pyrrole nitrogens is 1. The van der Waals surface area contributed by atoms with Crippen LogP contribution >= 0.6 is 0 Å². The first-order valence-corrected chi connectivity index (χ1v) is 11.0. The van der Waals surface area contributed by atoms with E-state index in [1.165, 1.54) is 7.11 Å². The van der Waals surface area contributed by atoms with Crippen molar-refractivity contribution in [1.82, 2.24) is 20.6 Å². The van der Waals surface area contributed by atoms with Gasteiger partial charge in [0.05, 0.1) is 29.8 Å². The van der Waals surface area contributed by atoms with Crippen LogP contribution in [0.2, 0.25) is 0 Å². The summed E-state index contributed by atoms with van der Waals surface area (Å²) in [4.78, 5) is 20.5. The van der Waals surface area contributed by atoms with Gasteiger partial charge in [0.25, 0.3) is 0 Å². The van der Waals surface area contributed by atoms with Gasteiger partial charge in [-0.05, 0) is 44.7 Å². The van der Waals surface area contributed by atoms with Crippen molar-refractivity contribution in [3.8, 4) is 5.75 Å². The first-order valence-electron chi connectivity index (χ1n) is 11.0. The summed E-state index contributed by atoms with van der Waals surface area (Å²) >= 11 is 0. The topological polar surface area (TPSA) is 99.3 Å². The van der Waals surface area contributed by atoms with Gasteiger partial charge in [-0.25, -0.2) is 18.6 Å². The second-order valence-corrected chi connectivity index (χ2v) is 8.85. The molecule has 1 aliphatic carbocycles. The van der Waals surface area contributed by atoms with E-state index in [-0.39, 0.29) is 23.8 Å². The fourth-order valence-corrected chi connectivity index (χ4v) is 4.22. The zero-order valence-corrected chi connectivity index (χ0v) is 18.6. The molecule has 1 atom stereocenters. The predicted molar refractivity (Wildman–Crippen MR) is 120 cm³/mol. The van der Waals surface area contributed by atoms with Crippen LogP contribution in [0.15, 0.2) is 36.4 Å². The van der Waals surface area contributed by atoms with Gasteiger partial charge in [-0.3, -0.25) is 0 Å². The van der Waals surface area contributed by atoms with E-state index in [9.17, 15) is 18.7 Å². The third kappa shape index (κ3) is 5.42. The van der Waals surface area contributed by atoms with Crippen LogP contribution in [0.3, 0.4) is 0 Å². The number of aliphatic hydroxyl groups is 1. The molecule has 9 heteroatoms. The highest BCUT2D eigenvalue weighted by atomic mass is 19.1. The lowest BCUT2D eigenvalue weighted by Gasteiger charge is -2.33. The minimum Gasteiger partial charge on any atom is -0.497 e. The van der Waals surface area contributed by atoms with Crippen LogP contribution in [0, 0.1) is 11.6 Å². The number of fused-ring (bicyclic) bond motifs is 1. The van der Waals surface area contributed by atoms with Gasteiger partial charge in [-0.1, -0.05) is 12.1 Å². The average Bonchev–Trinajstić information content (AvgIpc) is 3.21. The number of carbonyl (C=O) groups is 1. The zero-order valence-electron chi connectivity index (χ0n) is 18.6. The molecular weight excluding hydrogens is 430 g/mol. The van der Waals surface area contributed by atoms with Crippen LogP contribution in [0.25, 0.3) is 11.0 Å². The first-order chi connectivity index (χ1) is 15.7. The molecule has 2 amide bonds. The molecule has 3 aromatic rings. The van der Waals surface area contributed by atoms with E-state index >= 15 is 0 Å². The number of carbonyl (C=O) groups excluding carboxylic acids is 1. The largest absolute Gasteiger partial charge is 0.497 e. The highest BCUT2D eigenvalue weighted by Crippen LogP contribution is 2.28. The Morgan fingerprint density at radius 2 is 1.94 bits per heavy atom. The highest BCUT2D eigenvalue weighted by molar-refractivity contribution is 5.76. The number of nitrogens with zero attached hydrogens (tertiary/aromatic N) is 1. The molecule has 0 saturated heterocycles. The van der Waals surface area contributed by atoms with Crippen LogP contribution in [0.4, 0.5) is 13.6 Å². The molecule has 4 rings (SSSR count). The third-order valence-electron chi connectivity index (χ3n) is 6.20. The summed E-state index contributed by atoms with van der Waals surface area (Å²) in [6.45, 7) is 1.79. The SMILES string of the molecule is COc1cc(F)c(CC(NC(=O)N[C@H]2CC[C@@](C)(O)CC2)c2nc3ccccc3[nH]2)c(F)c1. The fourth-order valence-electron chi connectivity index (χ4n) is 4.22. The van der Waals surface area contributed by atoms with Crippen LogP contribution in [0.5, 0.6) is 5.75 Å². The minimum atomic E-state index is -0.804. The average molecular weight is 459 g/mol. The van der Waals surface area contributed by atoms with E-state index in [0.717, 1.165) is 17.6 Å². The van der Waals surface area contributed by atoms with Crippen molar-refractivity contribution in [2.75, 3.05) is 7.11 Å². The normalized spacial score (nSPS) is 21.5. The molecule has 4 N–H and O–H groups in total. The Morgan fingerprint density at radius 3 is 2.58 bits per heavy atom. The fraction of sp³-hybridized carbons (Fsp3) is 0.417. The highest BCUT2D eigenvalue weighted by Gasteiger charge is 2.30. The number of hydrogen-bond donors (Lipinski definition) is 4. The molecule has 1 fully saturated rings. The number of methoxy groups -OCH3 is 1. The molecule has 1 unspecified atom stereocenters. The molecule has 33 heavy (non-hydrogen) atoms. The molecule has 176 valence electrons. The van der Waals surface area contributed by atoms with Crippen molar-refractivity contribution >= 4 is 17.1 Å². The van der Waals surface area contributed by atoms with Gasteiger partial charge in [0.2, 0.25) is 0 Å². The maximum atomic E-state index is 14.7. The van der Waals surface area contributed by atoms with Crippen LogP contribution in [0.1, 0.15) is 50.0 Å². The van der Waals surface area contributed by atoms with Gasteiger partial charge < -0.3 is 25.5 Å². The summed E-state index contributed by atoms with van der Waals surface area (Å²) in [6, 6.07) is 8.21. The number of halogens is 2. The van der Waals surface area contributed by atoms with E-state index < -0.39 is 29.3 Å². The Bertz CT molecular complexity index is 1080. The van der Waals surface area contributed by atoms with E-state index in [1.54, 1.807) is 6.92 Å². The Balaban J connectivity index is 1.56. The van der Waals surface area contributed by atoms with Gasteiger partial charge in [0.15, 0.2) is 0 Å². The van der Waals surface area contributed by atoms with E-state index in [4.69, 9.17) is 4.74 Å². The van der Waals surface area contributed by atoms with Crippen LogP contribution in [-0.4, -0.2) is 39.9 Å². The minimum absolute atomic E-state index is 0.0768. The Kier molecular flexibility index (Phi) is 6.51. The molecule has 0 spiro atoms. The third-order valence-corrected chi connectivity index (χ3v) is 6.20. The maximum Gasteiger partial charge on any atom is 0.315 e. The number of para-hydroxylation sites is 2. The Labute approximate surface area is 190 Å². The number of ether oxygens (including phenoxy) is 1. The second-order valence-electron chi connectivity index (χ2n) is 8.85. The summed E-state index contributed by atoms with van der Waals surface area (Å²) in [5, 5.41) is 15.9. The standard InChI is InChI=1S/C24H28F2N4O3/c1-24(32)9-7-14(8-10-24)27-23(31)30-21(22-28-19-5-3-4-6-20(19)29-22)13-16-17(25)11-15(33-2)12-18(16)26/h3-6,11-12,14,21,32H,7-10,13H2,1-2H3,(H,28,29)(H2,27,30,31)/t14-,21?,24+. The number of hydrogen-bond acceptors (Lipinski definition) is 4. The van der Waals surface area contributed by atoms with E-state index in [2.05, 4.69) is 20.6 Å². The lowest BCUT2D eigenvalue weighted by Crippen LogP contribution is -2.47. The molecular formula is C24H28F2N4O3. The van der Waals surface area contributed by atoms with Crippen molar-refractivity contribution in [2.24, 2.45) is 0 Å². The zero-order chi connectivity index (χ0) is 23.6. The molecule has 1 aliphatic rings. The smallest absolute Gasteiger partial charge is 0.315 e. The Morgan fingerprint density at radius 1 is 1.27 bits per heavy atom. The molecule has 0 bridgehead atoms. The molecule has 2 aromatic carbocycles. The molecule has 1 heterocycles. The number of nitrogens with one attached hydrogen (secondary N) is 3. The summed E-state index contributed by atoms with van der Waals surface area (Å²) in [7, 11) is 1.33. The van der Waals surface area contributed by atoms with Crippen molar-refractivity contribution < 1.29 is 23.4 Å². The molecule has 1 aromatic heterocycles. The van der Waals surface area contributed by atoms with Crippen LogP contribution in [-0.2, 0) is 6.42 Å². The monoisotopic (exact) mass is 458 g/mol. The first kappa shape index (κ1) is 23.0. The number of amides is 2. The maximum absolute atomic E-state index is 14.7. The number of aromatic amines is 1. The van der Waals surface area contributed by atoms with Gasteiger partial charge in [-0.2, -0.15) is 0 Å². The van der Waals surface area contributed by atoms with Crippen LogP contribution < -0.4 is 15.4 Å². The van der Waals surface area contributed by atoms with Crippen molar-refractivity contribution in [2.45, 2.75) is 56.7 Å². The lowest BCUT2D eigenvalue weighted by molar-refractivity contribution is 0.0151. The molecule has 1 saturated carbocycles. The van der Waals surface area contributed by atoms with Crippen molar-refractivity contribution in [3.05, 3.63) is 59.4 Å². The number of imidazole rings is 1. The van der Waals surface area contributed by atoms with Gasteiger partial charge in [-0.15, -0.1) is 0 Å². The summed E-state index contributed by atoms with van der Waals surface area (Å²) < 4.78 is 34.2. The van der Waals surface area contributed by atoms with E-state index in [0.29, 0.717) is 37.0 Å². The molecule has 7 nitrogen and oxygen atoms in total. The van der Waals surface area contributed by atoms with Gasteiger partial charge in [0.1, 0.15) is 23.2 Å². The summed E-state index contributed by atoms with van der Waals surface area (Å²) in [6.07, 6.45) is 2.34. The Hall–Kier alpha value is -3.20. The lowest BCUT2D eigenvalue weighted by atomic mass is 9.84. The second kappa shape index (κ2) is 9.35. The quantitative estimate of drug-likeness (QED) is 0.446. The van der Waals surface area contributed by atoms with E-state index in [1.807, 2.05) is 24.3 Å². The number of rotatable bonds is 6. The van der Waals surface area contributed by atoms with Gasteiger partial charge in [0, 0.05) is 30.2 Å². The predicted octanol–water partition coefficient (Wildman–Crippen LogP) is 4.13. The summed E-state index contributed by atoms with van der Waals surface area (Å²) in [5.41, 5.74) is 0.555. The molecule has 0 radical (unpaired) electrons. The molecule has 0 aliphatic heterocycles. The van der Waals surface area contributed by atoms with Gasteiger partial charge >= 0.3 is 6.03 Å². The number of urea groups is 1. The summed E-state index contributed by atoms with van der Waals surface area (Å²) in [5.74, 6) is -1.05. The van der Waals surface area contributed by atoms with Crippen molar-refractivity contribution in [1.29, 1.82) is 0 Å². The number of benzene rings is 2. The van der Waals surface area contributed by atoms with Crippen molar-refractivity contribution in [3.63, 3.8) is 0 Å². The number of aromatic nitrogens is 2.